The van der Waals surface area contributed by atoms with Crippen molar-refractivity contribution in [3.8, 4) is 0 Å². The number of thioether (sulfide) groups is 1. The lowest BCUT2D eigenvalue weighted by atomic mass is 10.2. The van der Waals surface area contributed by atoms with Crippen LogP contribution in [-0.4, -0.2) is 23.7 Å². The summed E-state index contributed by atoms with van der Waals surface area (Å²) in [6, 6.07) is 0. The first-order valence-corrected chi connectivity index (χ1v) is 5.50. The van der Waals surface area contributed by atoms with E-state index in [0.717, 1.165) is 23.7 Å². The van der Waals surface area contributed by atoms with Crippen LogP contribution in [0.2, 0.25) is 0 Å². The third-order valence-corrected chi connectivity index (χ3v) is 3.67. The molecule has 0 aliphatic carbocycles. The molecule has 1 nitrogen and oxygen atoms in total. The van der Waals surface area contributed by atoms with Gasteiger partial charge in [-0.3, -0.25) is 0 Å². The van der Waals surface area contributed by atoms with Gasteiger partial charge < -0.3 is 4.74 Å². The Hall–Kier alpha value is 0.310. The van der Waals surface area contributed by atoms with Crippen LogP contribution in [0.3, 0.4) is 0 Å². The van der Waals surface area contributed by atoms with E-state index in [1.54, 1.807) is 0 Å². The van der Waals surface area contributed by atoms with Crippen LogP contribution in [0.1, 0.15) is 33.1 Å². The molecule has 0 N–H and O–H groups in total. The van der Waals surface area contributed by atoms with E-state index in [-0.39, 0.29) is 0 Å². The van der Waals surface area contributed by atoms with Crippen molar-refractivity contribution in [3.05, 3.63) is 0 Å². The topological polar surface area (TPSA) is 9.23 Å². The van der Waals surface area contributed by atoms with Crippen LogP contribution in [0, 0.1) is 0 Å². The zero-order valence-corrected chi connectivity index (χ0v) is 8.32. The average Bonchev–Trinajstić information content (AvgIpc) is 2.06. The summed E-state index contributed by atoms with van der Waals surface area (Å²) in [4.78, 5) is 0. The molecule has 0 spiro atoms. The van der Waals surface area contributed by atoms with Gasteiger partial charge in [-0.2, -0.15) is 11.8 Å². The molecule has 0 saturated carbocycles. The van der Waals surface area contributed by atoms with Gasteiger partial charge in [-0.1, -0.05) is 13.8 Å². The van der Waals surface area contributed by atoms with Crippen LogP contribution >= 0.6 is 11.8 Å². The van der Waals surface area contributed by atoms with Gasteiger partial charge in [0.25, 0.3) is 0 Å². The minimum absolute atomic E-state index is 0.777. The van der Waals surface area contributed by atoms with Gasteiger partial charge in [-0.25, -0.2) is 0 Å². The van der Waals surface area contributed by atoms with Crippen molar-refractivity contribution < 1.29 is 4.74 Å². The molecule has 0 aromatic heterocycles. The number of hydrogen-bond acceptors (Lipinski definition) is 2. The van der Waals surface area contributed by atoms with Crippen molar-refractivity contribution in [1.82, 2.24) is 0 Å². The second-order valence-corrected chi connectivity index (χ2v) is 4.94. The summed E-state index contributed by atoms with van der Waals surface area (Å²) in [6.45, 7) is 6.52. The molecule has 1 saturated heterocycles. The molecule has 66 valence electrons. The quantitative estimate of drug-likeness (QED) is 0.650. The van der Waals surface area contributed by atoms with Crippen LogP contribution < -0.4 is 0 Å². The van der Waals surface area contributed by atoms with Gasteiger partial charge in [-0.15, -0.1) is 0 Å². The summed E-state index contributed by atoms with van der Waals surface area (Å²) in [6.07, 6.45) is 3.89. The summed E-state index contributed by atoms with van der Waals surface area (Å²) in [5, 5.41) is 1.58. The first kappa shape index (κ1) is 9.40. The van der Waals surface area contributed by atoms with Gasteiger partial charge >= 0.3 is 0 Å². The van der Waals surface area contributed by atoms with Crippen molar-refractivity contribution in [2.24, 2.45) is 0 Å². The number of hydrogen-bond donors (Lipinski definition) is 0. The maximum absolute atomic E-state index is 5.41. The monoisotopic (exact) mass is 174 g/mol. The summed E-state index contributed by atoms with van der Waals surface area (Å²) >= 11 is 2.10. The summed E-state index contributed by atoms with van der Waals surface area (Å²) in [5.74, 6) is 0. The maximum Gasteiger partial charge on any atom is 0.0585 e. The van der Waals surface area contributed by atoms with E-state index in [2.05, 4.69) is 25.6 Å². The van der Waals surface area contributed by atoms with Crippen molar-refractivity contribution in [2.75, 3.05) is 13.2 Å². The normalized spacial score (nSPS) is 28.4. The van der Waals surface area contributed by atoms with Crippen LogP contribution in [0.4, 0.5) is 0 Å². The van der Waals surface area contributed by atoms with E-state index in [9.17, 15) is 0 Å². The van der Waals surface area contributed by atoms with E-state index in [0.29, 0.717) is 0 Å². The SMILES string of the molecule is CCC(C)SC1CCCOC1. The highest BCUT2D eigenvalue weighted by Crippen LogP contribution is 2.26. The van der Waals surface area contributed by atoms with Crippen molar-refractivity contribution >= 4 is 11.8 Å². The average molecular weight is 174 g/mol. The molecule has 2 heteroatoms. The zero-order valence-electron chi connectivity index (χ0n) is 7.51. The van der Waals surface area contributed by atoms with Gasteiger partial charge in [0.05, 0.1) is 6.61 Å². The van der Waals surface area contributed by atoms with Gasteiger partial charge in [0.15, 0.2) is 0 Å². The third-order valence-electron chi connectivity index (χ3n) is 2.12. The van der Waals surface area contributed by atoms with Crippen molar-refractivity contribution in [1.29, 1.82) is 0 Å². The van der Waals surface area contributed by atoms with E-state index in [4.69, 9.17) is 4.74 Å². The Morgan fingerprint density at radius 2 is 2.45 bits per heavy atom. The Bertz CT molecular complexity index is 99.7. The smallest absolute Gasteiger partial charge is 0.0585 e. The van der Waals surface area contributed by atoms with Crippen LogP contribution in [0.25, 0.3) is 0 Å². The molecule has 2 atom stereocenters. The highest BCUT2D eigenvalue weighted by molar-refractivity contribution is 8.00. The summed E-state index contributed by atoms with van der Waals surface area (Å²) < 4.78 is 5.41. The molecule has 0 aromatic carbocycles. The lowest BCUT2D eigenvalue weighted by molar-refractivity contribution is 0.101. The Morgan fingerprint density at radius 3 is 3.00 bits per heavy atom. The summed E-state index contributed by atoms with van der Waals surface area (Å²) in [5.41, 5.74) is 0. The molecular formula is C9H18OS. The molecule has 1 aliphatic rings. The fourth-order valence-electron chi connectivity index (χ4n) is 1.24. The zero-order chi connectivity index (χ0) is 8.10. The maximum atomic E-state index is 5.41. The van der Waals surface area contributed by atoms with E-state index >= 15 is 0 Å². The largest absolute Gasteiger partial charge is 0.380 e. The summed E-state index contributed by atoms with van der Waals surface area (Å²) in [7, 11) is 0. The molecule has 2 unspecified atom stereocenters. The van der Waals surface area contributed by atoms with Gasteiger partial charge in [0.1, 0.15) is 0 Å². The van der Waals surface area contributed by atoms with E-state index in [1.807, 2.05) is 0 Å². The first-order chi connectivity index (χ1) is 5.33. The number of rotatable bonds is 3. The molecule has 11 heavy (non-hydrogen) atoms. The fraction of sp³-hybridized carbons (Fsp3) is 1.00. The molecule has 0 amide bonds. The van der Waals surface area contributed by atoms with Crippen molar-refractivity contribution in [3.63, 3.8) is 0 Å². The highest BCUT2D eigenvalue weighted by Gasteiger charge is 2.16. The lowest BCUT2D eigenvalue weighted by Gasteiger charge is -2.23. The minimum Gasteiger partial charge on any atom is -0.380 e. The molecule has 0 bridgehead atoms. The Labute approximate surface area is 73.9 Å². The molecular weight excluding hydrogens is 156 g/mol. The minimum atomic E-state index is 0.777. The van der Waals surface area contributed by atoms with Crippen LogP contribution in [-0.2, 0) is 4.74 Å². The second-order valence-electron chi connectivity index (χ2n) is 3.19. The Kier molecular flexibility index (Phi) is 4.31. The molecule has 1 rings (SSSR count). The van der Waals surface area contributed by atoms with E-state index < -0.39 is 0 Å². The molecule has 0 aromatic rings. The first-order valence-electron chi connectivity index (χ1n) is 4.56. The Morgan fingerprint density at radius 1 is 1.64 bits per heavy atom. The highest BCUT2D eigenvalue weighted by atomic mass is 32.2. The molecule has 1 heterocycles. The predicted octanol–water partition coefficient (Wildman–Crippen LogP) is 2.70. The van der Waals surface area contributed by atoms with Gasteiger partial charge in [0, 0.05) is 17.1 Å². The number of ether oxygens (including phenoxy) is 1. The van der Waals surface area contributed by atoms with Gasteiger partial charge in [-0.05, 0) is 19.3 Å². The van der Waals surface area contributed by atoms with Crippen LogP contribution in [0.15, 0.2) is 0 Å². The predicted molar refractivity (Wildman–Crippen MR) is 51.2 cm³/mol. The fourth-order valence-corrected chi connectivity index (χ4v) is 2.57. The van der Waals surface area contributed by atoms with Gasteiger partial charge in [0.2, 0.25) is 0 Å². The molecule has 1 aliphatic heterocycles. The molecule has 1 fully saturated rings. The Balaban J connectivity index is 2.13. The molecule has 0 radical (unpaired) electrons. The van der Waals surface area contributed by atoms with Crippen LogP contribution in [0.5, 0.6) is 0 Å². The third kappa shape index (κ3) is 3.48. The van der Waals surface area contributed by atoms with Crippen molar-refractivity contribution in [2.45, 2.75) is 43.6 Å². The lowest BCUT2D eigenvalue weighted by Crippen LogP contribution is -2.21. The van der Waals surface area contributed by atoms with E-state index in [1.165, 1.54) is 19.3 Å². The second kappa shape index (κ2) is 5.04. The standard InChI is InChI=1S/C9H18OS/c1-3-8(2)11-9-5-4-6-10-7-9/h8-9H,3-7H2,1-2H3.